The molecule has 3 nitrogen and oxygen atoms in total. The molecule has 0 saturated heterocycles. The molecule has 96 valence electrons. The van der Waals surface area contributed by atoms with Gasteiger partial charge in [-0.2, -0.15) is 0 Å². The third kappa shape index (κ3) is 3.43. The maximum atomic E-state index is 13.1. The second-order valence-corrected chi connectivity index (χ2v) is 6.81. The number of hydrogen-bond acceptors (Lipinski definition) is 5. The van der Waals surface area contributed by atoms with E-state index in [1.165, 1.54) is 6.07 Å². The Labute approximate surface area is 122 Å². The Balaban J connectivity index is 2.00. The normalized spacial score (nSPS) is 10.7. The summed E-state index contributed by atoms with van der Waals surface area (Å²) in [6, 6.07) is 5.03. The van der Waals surface area contributed by atoms with Crippen LogP contribution in [0.4, 0.5) is 9.52 Å². The molecular formula is C11H11BrFN3S2. The van der Waals surface area contributed by atoms with Gasteiger partial charge in [0.1, 0.15) is 5.82 Å². The third-order valence-corrected chi connectivity index (χ3v) is 5.03. The molecule has 7 heteroatoms. The first-order chi connectivity index (χ1) is 8.56. The minimum Gasteiger partial charge on any atom is -0.353 e. The first-order valence-corrected chi connectivity index (χ1v) is 7.73. The fourth-order valence-corrected chi connectivity index (χ4v) is 3.35. The summed E-state index contributed by atoms with van der Waals surface area (Å²) < 4.78 is 14.5. The first-order valence-electron chi connectivity index (χ1n) is 5.14. The summed E-state index contributed by atoms with van der Waals surface area (Å²) in [6.07, 6.45) is 0. The molecule has 1 heterocycles. The topological polar surface area (TPSA) is 29.0 Å². The Morgan fingerprint density at radius 2 is 2.17 bits per heavy atom. The second kappa shape index (κ2) is 5.99. The number of aromatic nitrogens is 2. The molecule has 1 aromatic carbocycles. The molecule has 2 rings (SSSR count). The predicted molar refractivity (Wildman–Crippen MR) is 77.9 cm³/mol. The van der Waals surface area contributed by atoms with Crippen molar-refractivity contribution in [3.8, 4) is 0 Å². The van der Waals surface area contributed by atoms with Crippen molar-refractivity contribution in [3.63, 3.8) is 0 Å². The quantitative estimate of drug-likeness (QED) is 0.786. The van der Waals surface area contributed by atoms with Gasteiger partial charge in [-0.25, -0.2) is 4.39 Å². The highest BCUT2D eigenvalue weighted by atomic mass is 79.9. The Morgan fingerprint density at radius 1 is 1.39 bits per heavy atom. The number of nitrogens with zero attached hydrogens (tertiary/aromatic N) is 3. The maximum absolute atomic E-state index is 13.1. The number of anilines is 1. The summed E-state index contributed by atoms with van der Waals surface area (Å²) in [4.78, 5) is 1.93. The van der Waals surface area contributed by atoms with Gasteiger partial charge in [0.05, 0.1) is 4.47 Å². The lowest BCUT2D eigenvalue weighted by atomic mass is 10.2. The monoisotopic (exact) mass is 347 g/mol. The van der Waals surface area contributed by atoms with E-state index in [2.05, 4.69) is 26.1 Å². The van der Waals surface area contributed by atoms with E-state index in [1.54, 1.807) is 35.2 Å². The number of benzene rings is 1. The zero-order valence-corrected chi connectivity index (χ0v) is 13.1. The number of hydrogen-bond donors (Lipinski definition) is 0. The zero-order valence-electron chi connectivity index (χ0n) is 9.85. The molecule has 0 amide bonds. The summed E-state index contributed by atoms with van der Waals surface area (Å²) >= 11 is 6.33. The lowest BCUT2D eigenvalue weighted by molar-refractivity contribution is 0.620. The van der Waals surface area contributed by atoms with Crippen LogP contribution in [0.2, 0.25) is 0 Å². The van der Waals surface area contributed by atoms with E-state index in [1.807, 2.05) is 19.0 Å². The van der Waals surface area contributed by atoms with Crippen molar-refractivity contribution in [1.82, 2.24) is 10.2 Å². The molecule has 0 aliphatic carbocycles. The lowest BCUT2D eigenvalue weighted by Crippen LogP contribution is -2.07. The molecule has 0 atom stereocenters. The number of thioether (sulfide) groups is 1. The maximum Gasteiger partial charge on any atom is 0.208 e. The average molecular weight is 348 g/mol. The summed E-state index contributed by atoms with van der Waals surface area (Å²) in [5.41, 5.74) is 1.05. The SMILES string of the molecule is CN(C)c1nnc(SCc2ccc(F)c(Br)c2)s1. The van der Waals surface area contributed by atoms with Crippen LogP contribution in [0.3, 0.4) is 0 Å². The highest BCUT2D eigenvalue weighted by molar-refractivity contribution is 9.10. The summed E-state index contributed by atoms with van der Waals surface area (Å²) in [7, 11) is 3.87. The molecule has 1 aromatic heterocycles. The molecule has 0 unspecified atom stereocenters. The molecule has 0 radical (unpaired) electrons. The molecular weight excluding hydrogens is 337 g/mol. The van der Waals surface area contributed by atoms with Crippen LogP contribution < -0.4 is 4.90 Å². The Hall–Kier alpha value is -0.660. The molecule has 0 saturated carbocycles. The highest BCUT2D eigenvalue weighted by Gasteiger charge is 2.07. The van der Waals surface area contributed by atoms with Gasteiger partial charge in [-0.15, -0.1) is 10.2 Å². The number of rotatable bonds is 4. The summed E-state index contributed by atoms with van der Waals surface area (Å²) in [6.45, 7) is 0. The molecule has 0 N–H and O–H groups in total. The van der Waals surface area contributed by atoms with Gasteiger partial charge in [-0.1, -0.05) is 29.2 Å². The van der Waals surface area contributed by atoms with Crippen molar-refractivity contribution in [2.24, 2.45) is 0 Å². The molecule has 2 aromatic rings. The van der Waals surface area contributed by atoms with Gasteiger partial charge in [0.2, 0.25) is 5.13 Å². The Morgan fingerprint density at radius 3 is 2.78 bits per heavy atom. The van der Waals surface area contributed by atoms with Crippen molar-refractivity contribution in [2.45, 2.75) is 10.1 Å². The summed E-state index contributed by atoms with van der Waals surface area (Å²) in [5, 5.41) is 9.05. The molecule has 0 aliphatic heterocycles. The molecule has 18 heavy (non-hydrogen) atoms. The van der Waals surface area contributed by atoms with E-state index in [4.69, 9.17) is 0 Å². The Bertz CT molecular complexity index is 545. The second-order valence-electron chi connectivity index (χ2n) is 3.78. The van der Waals surface area contributed by atoms with Crippen LogP contribution in [0.5, 0.6) is 0 Å². The smallest absolute Gasteiger partial charge is 0.208 e. The van der Waals surface area contributed by atoms with Crippen LogP contribution in [0.15, 0.2) is 27.0 Å². The predicted octanol–water partition coefficient (Wildman–Crippen LogP) is 3.80. The largest absolute Gasteiger partial charge is 0.353 e. The van der Waals surface area contributed by atoms with E-state index in [0.29, 0.717) is 4.47 Å². The zero-order chi connectivity index (χ0) is 13.1. The number of halogens is 2. The molecule has 0 bridgehead atoms. The fourth-order valence-electron chi connectivity index (χ4n) is 1.22. The molecule has 0 aliphatic rings. The van der Waals surface area contributed by atoms with E-state index in [0.717, 1.165) is 20.8 Å². The highest BCUT2D eigenvalue weighted by Crippen LogP contribution is 2.30. The Kier molecular flexibility index (Phi) is 4.58. The van der Waals surface area contributed by atoms with Crippen molar-refractivity contribution in [1.29, 1.82) is 0 Å². The van der Waals surface area contributed by atoms with E-state index < -0.39 is 0 Å². The van der Waals surface area contributed by atoms with Gasteiger partial charge >= 0.3 is 0 Å². The van der Waals surface area contributed by atoms with E-state index >= 15 is 0 Å². The van der Waals surface area contributed by atoms with Gasteiger partial charge in [0, 0.05) is 19.8 Å². The van der Waals surface area contributed by atoms with Gasteiger partial charge < -0.3 is 4.90 Å². The van der Waals surface area contributed by atoms with E-state index in [9.17, 15) is 4.39 Å². The van der Waals surface area contributed by atoms with Crippen LogP contribution >= 0.6 is 39.0 Å². The van der Waals surface area contributed by atoms with Crippen LogP contribution in [0, 0.1) is 5.82 Å². The van der Waals surface area contributed by atoms with Crippen LogP contribution in [-0.2, 0) is 5.75 Å². The first kappa shape index (κ1) is 13.8. The third-order valence-electron chi connectivity index (χ3n) is 2.12. The summed E-state index contributed by atoms with van der Waals surface area (Å²) in [5.74, 6) is 0.510. The van der Waals surface area contributed by atoms with E-state index in [-0.39, 0.29) is 5.82 Å². The van der Waals surface area contributed by atoms with Crippen LogP contribution in [0.25, 0.3) is 0 Å². The van der Waals surface area contributed by atoms with Gasteiger partial charge in [0.15, 0.2) is 4.34 Å². The van der Waals surface area contributed by atoms with Gasteiger partial charge in [0.25, 0.3) is 0 Å². The van der Waals surface area contributed by atoms with Crippen molar-refractivity contribution >= 4 is 44.2 Å². The lowest BCUT2D eigenvalue weighted by Gasteiger charge is -2.03. The van der Waals surface area contributed by atoms with Crippen molar-refractivity contribution in [2.75, 3.05) is 19.0 Å². The van der Waals surface area contributed by atoms with Gasteiger partial charge in [-0.3, -0.25) is 0 Å². The van der Waals surface area contributed by atoms with Crippen molar-refractivity contribution in [3.05, 3.63) is 34.1 Å². The van der Waals surface area contributed by atoms with Crippen LogP contribution in [-0.4, -0.2) is 24.3 Å². The van der Waals surface area contributed by atoms with Crippen molar-refractivity contribution < 1.29 is 4.39 Å². The average Bonchev–Trinajstić information content (AvgIpc) is 2.79. The van der Waals surface area contributed by atoms with Crippen LogP contribution in [0.1, 0.15) is 5.56 Å². The minimum absolute atomic E-state index is 0.241. The standard InChI is InChI=1S/C11H11BrFN3S2/c1-16(2)10-14-15-11(18-10)17-6-7-3-4-9(13)8(12)5-7/h3-5H,6H2,1-2H3. The minimum atomic E-state index is -0.241. The van der Waals surface area contributed by atoms with Gasteiger partial charge in [-0.05, 0) is 33.6 Å². The molecule has 0 fully saturated rings. The molecule has 0 spiro atoms. The fraction of sp³-hybridized carbons (Fsp3) is 0.273.